The molecule has 3 amide bonds. The van der Waals surface area contributed by atoms with E-state index in [2.05, 4.69) is 16.1 Å². The van der Waals surface area contributed by atoms with E-state index in [1.807, 2.05) is 5.32 Å². The molecule has 0 saturated carbocycles. The quantitative estimate of drug-likeness (QED) is 0.519. The van der Waals surface area contributed by atoms with Gasteiger partial charge in [0.05, 0.1) is 0 Å². The van der Waals surface area contributed by atoms with Crippen LogP contribution in [0.4, 0.5) is 14.5 Å². The number of carbonyl (C=O) groups excluding carboxylic acids is 3. The summed E-state index contributed by atoms with van der Waals surface area (Å²) in [5.74, 6) is -0.246. The Hall–Kier alpha value is -2.59. The average molecular weight is 316 g/mol. The van der Waals surface area contributed by atoms with Crippen molar-refractivity contribution in [1.29, 1.82) is 0 Å². The summed E-state index contributed by atoms with van der Waals surface area (Å²) in [5.41, 5.74) is 3.77. The lowest BCUT2D eigenvalue weighted by atomic mass is 10.1. The van der Waals surface area contributed by atoms with E-state index in [0.29, 0.717) is 12.1 Å². The van der Waals surface area contributed by atoms with Crippen LogP contribution in [0.1, 0.15) is 17.3 Å². The van der Waals surface area contributed by atoms with E-state index in [0.717, 1.165) is 0 Å². The number of nitrogens with one attached hydrogen (secondary N) is 2. The number of amides is 3. The fourth-order valence-corrected chi connectivity index (χ4v) is 1.49. The molecule has 0 heterocycles. The number of carbonyl (C=O) groups is 3. The normalized spacial score (nSPS) is 11.6. The van der Waals surface area contributed by atoms with Crippen LogP contribution in [0.15, 0.2) is 12.1 Å². The fraction of sp³-hybridized carbons (Fsp3) is 0.250. The van der Waals surface area contributed by atoms with Gasteiger partial charge < -0.3 is 16.4 Å². The lowest BCUT2D eigenvalue weighted by Gasteiger charge is -2.15. The molecule has 22 heavy (non-hydrogen) atoms. The number of hydrogen-bond acceptors (Lipinski definition) is 5. The van der Waals surface area contributed by atoms with Crippen LogP contribution in [0.25, 0.3) is 0 Å². The summed E-state index contributed by atoms with van der Waals surface area (Å²) in [7, 11) is 0. The minimum atomic E-state index is -1.18. The maximum absolute atomic E-state index is 13.7. The Morgan fingerprint density at radius 3 is 2.27 bits per heavy atom. The third-order valence-electron chi connectivity index (χ3n) is 2.56. The molecule has 1 aromatic rings. The molecule has 0 fully saturated rings. The number of hydrogen-bond donors (Lipinski definition) is 4. The van der Waals surface area contributed by atoms with E-state index >= 15 is 0 Å². The van der Waals surface area contributed by atoms with Crippen LogP contribution in [-0.2, 0) is 14.4 Å². The molecule has 0 aromatic heterocycles. The first-order valence-electron chi connectivity index (χ1n) is 5.97. The highest BCUT2D eigenvalue weighted by molar-refractivity contribution is 5.98. The van der Waals surface area contributed by atoms with Gasteiger partial charge in [-0.25, -0.2) is 14.7 Å². The van der Waals surface area contributed by atoms with Gasteiger partial charge in [0.1, 0.15) is 18.3 Å². The number of benzene rings is 1. The lowest BCUT2D eigenvalue weighted by Crippen LogP contribution is -2.43. The second kappa shape index (κ2) is 7.43. The Morgan fingerprint density at radius 1 is 1.27 bits per heavy atom. The van der Waals surface area contributed by atoms with Crippen LogP contribution in [0.2, 0.25) is 0 Å². The molecular weight excluding hydrogens is 302 g/mol. The molecule has 0 saturated heterocycles. The molecule has 1 unspecified atom stereocenters. The summed E-state index contributed by atoms with van der Waals surface area (Å²) < 4.78 is 27.4. The van der Waals surface area contributed by atoms with Gasteiger partial charge in [-0.15, -0.1) is 0 Å². The van der Waals surface area contributed by atoms with Crippen LogP contribution >= 0.6 is 0 Å². The van der Waals surface area contributed by atoms with Crippen molar-refractivity contribution in [1.82, 2.24) is 5.32 Å². The van der Waals surface area contributed by atoms with Crippen molar-refractivity contribution in [3.05, 3.63) is 29.3 Å². The van der Waals surface area contributed by atoms with Crippen molar-refractivity contribution < 1.29 is 28.0 Å². The Morgan fingerprint density at radius 2 is 1.82 bits per heavy atom. The number of rotatable bonds is 6. The monoisotopic (exact) mass is 316 g/mol. The predicted octanol–water partition coefficient (Wildman–Crippen LogP) is -0.603. The fourth-order valence-electron chi connectivity index (χ4n) is 1.49. The van der Waals surface area contributed by atoms with Crippen molar-refractivity contribution in [3.8, 4) is 0 Å². The van der Waals surface area contributed by atoms with Crippen LogP contribution in [0.5, 0.6) is 0 Å². The molecule has 6 N–H and O–H groups in total. The van der Waals surface area contributed by atoms with Gasteiger partial charge in [-0.3, -0.25) is 19.2 Å². The van der Waals surface area contributed by atoms with E-state index in [1.54, 1.807) is 0 Å². The molecule has 0 bridgehead atoms. The first kappa shape index (κ1) is 17.5. The van der Waals surface area contributed by atoms with Crippen molar-refractivity contribution in [2.45, 2.75) is 13.0 Å². The van der Waals surface area contributed by atoms with E-state index in [-0.39, 0.29) is 5.56 Å². The molecular formula is C12H14F2N4O4. The van der Waals surface area contributed by atoms with Crippen LogP contribution in [0, 0.1) is 11.6 Å². The third kappa shape index (κ3) is 4.46. The molecule has 10 heteroatoms. The summed E-state index contributed by atoms with van der Waals surface area (Å²) in [5, 5.41) is 4.16. The smallest absolute Gasteiger partial charge is 0.248 e. The van der Waals surface area contributed by atoms with Crippen molar-refractivity contribution >= 4 is 23.4 Å². The third-order valence-corrected chi connectivity index (χ3v) is 2.56. The van der Waals surface area contributed by atoms with Crippen LogP contribution in [0.3, 0.4) is 0 Å². The predicted molar refractivity (Wildman–Crippen MR) is 71.2 cm³/mol. The largest absolute Gasteiger partial charge is 0.366 e. The number of nitrogens with two attached hydrogens (primary N) is 2. The average Bonchev–Trinajstić information content (AvgIpc) is 2.42. The highest BCUT2D eigenvalue weighted by Gasteiger charge is 2.20. The highest BCUT2D eigenvalue weighted by Crippen LogP contribution is 2.20. The Balaban J connectivity index is 2.84. The summed E-state index contributed by atoms with van der Waals surface area (Å²) in [6, 6.07) is 0.274. The summed E-state index contributed by atoms with van der Waals surface area (Å²) in [4.78, 5) is 37.9. The van der Waals surface area contributed by atoms with Crippen LogP contribution in [-0.4, -0.2) is 30.4 Å². The molecule has 120 valence electrons. The molecule has 1 rings (SSSR count). The molecule has 0 spiro atoms. The minimum Gasteiger partial charge on any atom is -0.366 e. The molecule has 0 radical (unpaired) electrons. The van der Waals surface area contributed by atoms with Gasteiger partial charge >= 0.3 is 0 Å². The van der Waals surface area contributed by atoms with Gasteiger partial charge in [0.2, 0.25) is 17.7 Å². The lowest BCUT2D eigenvalue weighted by molar-refractivity contribution is -0.129. The number of primary amides is 1. The molecule has 0 aliphatic carbocycles. The summed E-state index contributed by atoms with van der Waals surface area (Å²) in [6.45, 7) is 0.811. The Bertz CT molecular complexity index is 586. The molecule has 1 aromatic carbocycles. The van der Waals surface area contributed by atoms with E-state index in [1.165, 1.54) is 6.92 Å². The zero-order chi connectivity index (χ0) is 16.9. The van der Waals surface area contributed by atoms with Gasteiger partial charge in [-0.05, 0) is 19.1 Å². The standard InChI is InChI=1S/C12H14F2N4O4/c1-5(17-9(19)4-22-16)12(21)18-10-7(13)2-6(11(15)20)3-8(10)14/h2-3,5H,4,16H2,1H3,(H2,15,20)(H,17,19)(H,18,21). The SMILES string of the molecule is CC(NC(=O)CON)C(=O)Nc1c(F)cc(C(N)=O)cc1F. The first-order valence-corrected chi connectivity index (χ1v) is 5.97. The van der Waals surface area contributed by atoms with E-state index in [4.69, 9.17) is 5.73 Å². The van der Waals surface area contributed by atoms with Gasteiger partial charge in [-0.2, -0.15) is 0 Å². The summed E-state index contributed by atoms with van der Waals surface area (Å²) >= 11 is 0. The maximum atomic E-state index is 13.7. The van der Waals surface area contributed by atoms with E-state index in [9.17, 15) is 23.2 Å². The first-order chi connectivity index (χ1) is 10.3. The minimum absolute atomic E-state index is 0.380. The maximum Gasteiger partial charge on any atom is 0.248 e. The summed E-state index contributed by atoms with van der Waals surface area (Å²) in [6.07, 6.45) is 0. The molecule has 8 nitrogen and oxygen atoms in total. The van der Waals surface area contributed by atoms with Gasteiger partial charge in [0.15, 0.2) is 11.6 Å². The van der Waals surface area contributed by atoms with E-state index < -0.39 is 47.7 Å². The zero-order valence-corrected chi connectivity index (χ0v) is 11.5. The topological polar surface area (TPSA) is 137 Å². The number of anilines is 1. The molecule has 0 aliphatic heterocycles. The number of halogens is 2. The van der Waals surface area contributed by atoms with Crippen molar-refractivity contribution in [3.63, 3.8) is 0 Å². The Labute approximate surface area is 123 Å². The highest BCUT2D eigenvalue weighted by atomic mass is 19.1. The second-order valence-corrected chi connectivity index (χ2v) is 4.27. The van der Waals surface area contributed by atoms with Crippen molar-refractivity contribution in [2.24, 2.45) is 11.6 Å². The molecule has 0 aliphatic rings. The van der Waals surface area contributed by atoms with Gasteiger partial charge in [0.25, 0.3) is 0 Å². The van der Waals surface area contributed by atoms with Gasteiger partial charge in [-0.1, -0.05) is 0 Å². The van der Waals surface area contributed by atoms with Crippen molar-refractivity contribution in [2.75, 3.05) is 11.9 Å². The van der Waals surface area contributed by atoms with Gasteiger partial charge in [0, 0.05) is 5.56 Å². The van der Waals surface area contributed by atoms with Crippen LogP contribution < -0.4 is 22.3 Å². The molecule has 1 atom stereocenters. The zero-order valence-electron chi connectivity index (χ0n) is 11.5. The second-order valence-electron chi connectivity index (χ2n) is 4.27. The Kier molecular flexibility index (Phi) is 5.90.